The van der Waals surface area contributed by atoms with Crippen molar-refractivity contribution in [1.29, 1.82) is 0 Å². The second-order valence-corrected chi connectivity index (χ2v) is 8.24. The summed E-state index contributed by atoms with van der Waals surface area (Å²) in [5.74, 6) is 0.270. The number of rotatable bonds is 12. The van der Waals surface area contributed by atoms with Gasteiger partial charge in [-0.2, -0.15) is 18.3 Å². The van der Waals surface area contributed by atoms with Crippen LogP contribution < -0.4 is 9.47 Å². The van der Waals surface area contributed by atoms with Crippen LogP contribution in [0.1, 0.15) is 61.5 Å². The predicted molar refractivity (Wildman–Crippen MR) is 126 cm³/mol. The van der Waals surface area contributed by atoms with Crippen LogP contribution in [0.25, 0.3) is 5.82 Å². The Bertz CT molecular complexity index is 1160. The van der Waals surface area contributed by atoms with Crippen molar-refractivity contribution >= 4 is 5.97 Å². The average molecular weight is 507 g/mol. The lowest BCUT2D eigenvalue weighted by Gasteiger charge is -2.15. The van der Waals surface area contributed by atoms with Crippen molar-refractivity contribution < 1.29 is 32.5 Å². The van der Waals surface area contributed by atoms with Gasteiger partial charge in [-0.15, -0.1) is 10.2 Å². The summed E-state index contributed by atoms with van der Waals surface area (Å²) in [5, 5.41) is 20.8. The standard InChI is InChI=1S/C25H29F3N4O4/c1-4-16(5-2)23-18(15-32(31-23)21-12-11-20(29-30-21)25(26,27)28)9-7-13-36-24-17(14-22(33)34)8-6-10-19(24)35-3/h6,8,10-12,15-16H,4-5,7,9,13-14H2,1-3H3,(H,33,34). The third kappa shape index (κ3) is 6.52. The van der Waals surface area contributed by atoms with Crippen molar-refractivity contribution in [2.24, 2.45) is 0 Å². The highest BCUT2D eigenvalue weighted by Gasteiger charge is 2.33. The van der Waals surface area contributed by atoms with Crippen LogP contribution in [0, 0.1) is 0 Å². The number of carboxylic acids is 1. The monoisotopic (exact) mass is 506 g/mol. The molecule has 3 rings (SSSR count). The molecule has 0 radical (unpaired) electrons. The van der Waals surface area contributed by atoms with Crippen molar-refractivity contribution in [3.05, 3.63) is 59.0 Å². The van der Waals surface area contributed by atoms with Gasteiger partial charge in [-0.25, -0.2) is 4.68 Å². The minimum absolute atomic E-state index is 0.181. The van der Waals surface area contributed by atoms with E-state index in [1.807, 2.05) is 0 Å². The molecule has 3 aromatic rings. The number of hydrogen-bond donors (Lipinski definition) is 1. The topological polar surface area (TPSA) is 99.4 Å². The highest BCUT2D eigenvalue weighted by Crippen LogP contribution is 2.32. The van der Waals surface area contributed by atoms with Gasteiger partial charge in [0.05, 0.1) is 25.8 Å². The summed E-state index contributed by atoms with van der Waals surface area (Å²) < 4.78 is 51.3. The number of ether oxygens (including phenoxy) is 2. The minimum atomic E-state index is -4.56. The van der Waals surface area contributed by atoms with E-state index in [2.05, 4.69) is 29.1 Å². The Hall–Kier alpha value is -3.63. The SMILES string of the molecule is CCC(CC)c1nn(-c2ccc(C(F)(F)F)nn2)cc1CCCOc1c(CC(=O)O)cccc1OC. The molecule has 0 unspecified atom stereocenters. The number of carboxylic acid groups (broad SMARTS) is 1. The third-order valence-corrected chi connectivity index (χ3v) is 5.83. The van der Waals surface area contributed by atoms with Crippen LogP contribution >= 0.6 is 0 Å². The summed E-state index contributed by atoms with van der Waals surface area (Å²) in [6, 6.07) is 7.24. The van der Waals surface area contributed by atoms with Crippen LogP contribution in [0.5, 0.6) is 11.5 Å². The van der Waals surface area contributed by atoms with Gasteiger partial charge < -0.3 is 14.6 Å². The summed E-state index contributed by atoms with van der Waals surface area (Å²) in [4.78, 5) is 11.2. The normalized spacial score (nSPS) is 11.6. The molecule has 8 nitrogen and oxygen atoms in total. The number of aryl methyl sites for hydroxylation is 1. The highest BCUT2D eigenvalue weighted by atomic mass is 19.4. The molecular weight excluding hydrogens is 477 g/mol. The molecule has 1 N–H and O–H groups in total. The molecule has 0 saturated carbocycles. The number of methoxy groups -OCH3 is 1. The zero-order valence-electron chi connectivity index (χ0n) is 20.4. The van der Waals surface area contributed by atoms with Gasteiger partial charge in [0.1, 0.15) is 0 Å². The highest BCUT2D eigenvalue weighted by molar-refractivity contribution is 5.72. The quantitative estimate of drug-likeness (QED) is 0.336. The number of para-hydroxylation sites is 1. The molecule has 0 aliphatic carbocycles. The molecule has 194 valence electrons. The first kappa shape index (κ1) is 27.0. The van der Waals surface area contributed by atoms with E-state index in [0.717, 1.165) is 30.2 Å². The predicted octanol–water partition coefficient (Wildman–Crippen LogP) is 5.23. The molecule has 0 aliphatic heterocycles. The van der Waals surface area contributed by atoms with Crippen molar-refractivity contribution in [2.75, 3.05) is 13.7 Å². The lowest BCUT2D eigenvalue weighted by atomic mass is 9.95. The smallest absolute Gasteiger partial charge is 0.435 e. The van der Waals surface area contributed by atoms with Crippen LogP contribution in [-0.2, 0) is 23.8 Å². The van der Waals surface area contributed by atoms with Crippen LogP contribution in [0.4, 0.5) is 13.2 Å². The number of benzene rings is 1. The van der Waals surface area contributed by atoms with Crippen molar-refractivity contribution in [1.82, 2.24) is 20.0 Å². The lowest BCUT2D eigenvalue weighted by Crippen LogP contribution is -2.11. The Morgan fingerprint density at radius 3 is 2.44 bits per heavy atom. The summed E-state index contributed by atoms with van der Waals surface area (Å²) in [5.41, 5.74) is 1.27. The number of halogens is 3. The molecule has 2 aromatic heterocycles. The van der Waals surface area contributed by atoms with Gasteiger partial charge in [-0.1, -0.05) is 26.0 Å². The van der Waals surface area contributed by atoms with Gasteiger partial charge in [0.25, 0.3) is 0 Å². The number of carbonyl (C=O) groups is 1. The first-order valence-electron chi connectivity index (χ1n) is 11.7. The van der Waals surface area contributed by atoms with Gasteiger partial charge >= 0.3 is 12.1 Å². The second kappa shape index (κ2) is 11.9. The molecular formula is C25H29F3N4O4. The summed E-state index contributed by atoms with van der Waals surface area (Å²) >= 11 is 0. The summed E-state index contributed by atoms with van der Waals surface area (Å²) in [6.45, 7) is 4.42. The van der Waals surface area contributed by atoms with Gasteiger partial charge in [0.2, 0.25) is 0 Å². The molecule has 2 heterocycles. The number of hydrogen-bond acceptors (Lipinski definition) is 6. The number of aromatic nitrogens is 4. The largest absolute Gasteiger partial charge is 0.493 e. The van der Waals surface area contributed by atoms with Gasteiger partial charge in [0, 0.05) is 17.7 Å². The first-order chi connectivity index (χ1) is 17.2. The maximum Gasteiger partial charge on any atom is 0.435 e. The second-order valence-electron chi connectivity index (χ2n) is 8.24. The van der Waals surface area contributed by atoms with Gasteiger partial charge in [-0.05, 0) is 49.4 Å². The molecule has 0 aliphatic rings. The average Bonchev–Trinajstić information content (AvgIpc) is 3.26. The Labute approximate surface area is 207 Å². The zero-order chi connectivity index (χ0) is 26.3. The van der Waals surface area contributed by atoms with Crippen molar-refractivity contribution in [2.45, 2.75) is 58.0 Å². The summed E-state index contributed by atoms with van der Waals surface area (Å²) in [6.07, 6.45) is -0.0697. The maximum absolute atomic E-state index is 12.8. The van der Waals surface area contributed by atoms with E-state index in [9.17, 15) is 23.1 Å². The van der Waals surface area contributed by atoms with E-state index in [0.29, 0.717) is 36.5 Å². The Balaban J connectivity index is 1.77. The number of alkyl halides is 3. The Morgan fingerprint density at radius 2 is 1.86 bits per heavy atom. The van der Waals surface area contributed by atoms with Crippen LogP contribution in [-0.4, -0.2) is 44.8 Å². The molecule has 0 atom stereocenters. The Morgan fingerprint density at radius 1 is 1.11 bits per heavy atom. The van der Waals surface area contributed by atoms with Crippen LogP contribution in [0.3, 0.4) is 0 Å². The van der Waals surface area contributed by atoms with Crippen molar-refractivity contribution in [3.63, 3.8) is 0 Å². The fraction of sp³-hybridized carbons (Fsp3) is 0.440. The fourth-order valence-electron chi connectivity index (χ4n) is 3.98. The fourth-order valence-corrected chi connectivity index (χ4v) is 3.98. The molecule has 0 amide bonds. The van der Waals surface area contributed by atoms with E-state index in [1.54, 1.807) is 24.4 Å². The Kier molecular flexibility index (Phi) is 8.89. The lowest BCUT2D eigenvalue weighted by molar-refractivity contribution is -0.141. The molecule has 36 heavy (non-hydrogen) atoms. The van der Waals surface area contributed by atoms with Crippen LogP contribution in [0.2, 0.25) is 0 Å². The maximum atomic E-state index is 12.8. The van der Waals surface area contributed by atoms with Gasteiger partial charge in [0.15, 0.2) is 23.0 Å². The number of nitrogens with zero attached hydrogens (tertiary/aromatic N) is 4. The van der Waals surface area contributed by atoms with Crippen molar-refractivity contribution in [3.8, 4) is 17.3 Å². The van der Waals surface area contributed by atoms with E-state index in [-0.39, 0.29) is 18.2 Å². The molecule has 0 saturated heterocycles. The van der Waals surface area contributed by atoms with E-state index in [1.165, 1.54) is 17.9 Å². The molecule has 0 fully saturated rings. The zero-order valence-corrected chi connectivity index (χ0v) is 20.4. The first-order valence-corrected chi connectivity index (χ1v) is 11.7. The molecule has 0 spiro atoms. The minimum Gasteiger partial charge on any atom is -0.493 e. The van der Waals surface area contributed by atoms with E-state index < -0.39 is 17.8 Å². The van der Waals surface area contributed by atoms with Gasteiger partial charge in [-0.3, -0.25) is 4.79 Å². The van der Waals surface area contributed by atoms with E-state index >= 15 is 0 Å². The molecule has 11 heteroatoms. The van der Waals surface area contributed by atoms with Crippen LogP contribution in [0.15, 0.2) is 36.5 Å². The van der Waals surface area contributed by atoms with E-state index in [4.69, 9.17) is 9.47 Å². The summed E-state index contributed by atoms with van der Waals surface area (Å²) in [7, 11) is 1.49. The third-order valence-electron chi connectivity index (χ3n) is 5.83. The number of aliphatic carboxylic acids is 1. The molecule has 1 aromatic carbocycles. The molecule has 0 bridgehead atoms.